The number of carbonyl (C=O) groups is 6. The molecule has 18 nitrogen and oxygen atoms in total. The van der Waals surface area contributed by atoms with Gasteiger partial charge in [-0.25, -0.2) is 0 Å². The quantitative estimate of drug-likeness (QED) is 0.0935. The average molecular weight is 829 g/mol. The lowest BCUT2D eigenvalue weighted by molar-refractivity contribution is -0.356. The molecule has 3 rings (SSSR count). The second kappa shape index (κ2) is 20.2. The number of hydrogen-bond donors (Lipinski definition) is 1. The fourth-order valence-electron chi connectivity index (χ4n) is 5.42. The van der Waals surface area contributed by atoms with Crippen molar-refractivity contribution < 1.29 is 80.9 Å². The normalized spacial score (nSPS) is 28.1. The van der Waals surface area contributed by atoms with Crippen molar-refractivity contribution in [1.82, 2.24) is 0 Å². The van der Waals surface area contributed by atoms with Crippen LogP contribution in [0, 0.1) is 5.41 Å². The Bertz CT molecular complexity index is 1510. The Morgan fingerprint density at radius 2 is 1.04 bits per heavy atom. The number of benzene rings is 1. The highest BCUT2D eigenvalue weighted by molar-refractivity contribution is 6.76. The molecule has 0 bridgehead atoms. The highest BCUT2D eigenvalue weighted by Crippen LogP contribution is 2.37. The molecule has 2 saturated heterocycles. The van der Waals surface area contributed by atoms with E-state index in [1.807, 2.05) is 0 Å². The van der Waals surface area contributed by atoms with Crippen molar-refractivity contribution in [2.24, 2.45) is 0 Å². The van der Waals surface area contributed by atoms with Crippen LogP contribution in [0.2, 0.25) is 0 Å². The second-order valence-corrected chi connectivity index (χ2v) is 14.1. The molecule has 0 radical (unpaired) electrons. The Morgan fingerprint density at radius 1 is 0.593 bits per heavy atom. The van der Waals surface area contributed by atoms with Crippen LogP contribution in [-0.4, -0.2) is 120 Å². The summed E-state index contributed by atoms with van der Waals surface area (Å²) in [6.07, 6.45) is -16.3. The predicted molar refractivity (Wildman–Crippen MR) is 182 cm³/mol. The Labute approximate surface area is 324 Å². The molecular formula is C33H40Cl3NO17. The van der Waals surface area contributed by atoms with Crippen molar-refractivity contribution in [2.75, 3.05) is 13.2 Å². The summed E-state index contributed by atoms with van der Waals surface area (Å²) in [7, 11) is 0. The van der Waals surface area contributed by atoms with E-state index in [4.69, 9.17) is 92.3 Å². The van der Waals surface area contributed by atoms with Gasteiger partial charge in [0.15, 0.2) is 30.7 Å². The fraction of sp³-hybridized carbons (Fsp3) is 0.606. The average Bonchev–Trinajstić information content (AvgIpc) is 3.04. The summed E-state index contributed by atoms with van der Waals surface area (Å²) in [6, 6.07) is 8.91. The van der Waals surface area contributed by atoms with Gasteiger partial charge in [-0.15, -0.1) is 0 Å². The van der Waals surface area contributed by atoms with Crippen LogP contribution < -0.4 is 0 Å². The van der Waals surface area contributed by atoms with Crippen LogP contribution >= 0.6 is 34.8 Å². The molecule has 2 aliphatic rings. The molecule has 0 aromatic heterocycles. The molecule has 6 unspecified atom stereocenters. The Hall–Kier alpha value is -3.78. The maximum atomic E-state index is 12.6. The molecule has 1 aromatic carbocycles. The van der Waals surface area contributed by atoms with Gasteiger partial charge in [-0.3, -0.25) is 34.2 Å². The van der Waals surface area contributed by atoms with Crippen LogP contribution in [0.3, 0.4) is 0 Å². The van der Waals surface area contributed by atoms with E-state index in [1.54, 1.807) is 30.3 Å². The smallest absolute Gasteiger partial charge is 0.303 e. The van der Waals surface area contributed by atoms with Crippen LogP contribution in [0.25, 0.3) is 0 Å². The van der Waals surface area contributed by atoms with Crippen LogP contribution in [0.1, 0.15) is 47.1 Å². The zero-order valence-electron chi connectivity index (χ0n) is 29.9. The molecule has 300 valence electrons. The first-order valence-corrected chi connectivity index (χ1v) is 17.3. The monoisotopic (exact) mass is 827 g/mol. The van der Waals surface area contributed by atoms with Gasteiger partial charge in [0, 0.05) is 41.5 Å². The largest absolute Gasteiger partial charge is 0.463 e. The lowest BCUT2D eigenvalue weighted by atomic mass is 9.96. The van der Waals surface area contributed by atoms with Gasteiger partial charge >= 0.3 is 35.8 Å². The third kappa shape index (κ3) is 13.5. The summed E-state index contributed by atoms with van der Waals surface area (Å²) < 4.78 is 60.2. The topological polar surface area (TPSA) is 228 Å². The standard InChI is InChI=1S/C33H40Cl3NO17/c1-15(38)45-14-23-24(46-16(2)39)26(47-17(3)40)28(49-19(5)42)30(52-23)53-25-22(13-44-12-21-10-8-7-9-11-21)51-31(54-32(37)33(34,35)36)29(50-20(6)43)27(25)48-18(4)41/h7-11,22-31,37H,12-14H2,1-6H3/t22?,23?,24-,25+,26?,27?,28?,29?,30+,31+/m1/s1. The Kier molecular flexibility index (Phi) is 16.7. The third-order valence-corrected chi connectivity index (χ3v) is 7.83. The zero-order valence-corrected chi connectivity index (χ0v) is 32.1. The van der Waals surface area contributed by atoms with E-state index in [0.29, 0.717) is 0 Å². The SMILES string of the molecule is CC(=O)OCC1O[C@@H](O[C@H]2C(COCc3ccccc3)O[C@@H](OC(=N)C(Cl)(Cl)Cl)C(OC(C)=O)C2OC(C)=O)C(OC(C)=O)C(OC(C)=O)[C@@H]1OC(C)=O. The molecule has 0 saturated carbocycles. The first kappa shape index (κ1) is 44.6. The number of rotatable bonds is 14. The van der Waals surface area contributed by atoms with E-state index in [2.05, 4.69) is 0 Å². The van der Waals surface area contributed by atoms with Crippen LogP contribution in [0.4, 0.5) is 0 Å². The molecule has 1 aromatic rings. The summed E-state index contributed by atoms with van der Waals surface area (Å²) in [5.41, 5.74) is 0.741. The first-order valence-electron chi connectivity index (χ1n) is 16.2. The minimum atomic E-state index is -2.41. The molecule has 2 heterocycles. The summed E-state index contributed by atoms with van der Waals surface area (Å²) >= 11 is 17.6. The number of hydrogen-bond acceptors (Lipinski definition) is 18. The number of carbonyl (C=O) groups excluding carboxylic acids is 6. The number of ether oxygens (including phenoxy) is 11. The lowest BCUT2D eigenvalue weighted by Gasteiger charge is -2.48. The van der Waals surface area contributed by atoms with Gasteiger partial charge < -0.3 is 52.1 Å². The second-order valence-electron chi connectivity index (χ2n) is 11.8. The van der Waals surface area contributed by atoms with E-state index in [0.717, 1.165) is 47.1 Å². The maximum Gasteiger partial charge on any atom is 0.303 e. The van der Waals surface area contributed by atoms with Crippen molar-refractivity contribution in [1.29, 1.82) is 5.41 Å². The minimum absolute atomic E-state index is 0.0214. The first-order chi connectivity index (χ1) is 25.3. The number of alkyl halides is 3. The van der Waals surface area contributed by atoms with Crippen LogP contribution in [-0.2, 0) is 87.5 Å². The molecule has 21 heteroatoms. The molecular weight excluding hydrogens is 789 g/mol. The molecule has 54 heavy (non-hydrogen) atoms. The number of nitrogens with one attached hydrogen (secondary N) is 1. The van der Waals surface area contributed by atoms with Crippen molar-refractivity contribution in [3.05, 3.63) is 35.9 Å². The fourth-order valence-corrected chi connectivity index (χ4v) is 5.55. The number of esters is 6. The highest BCUT2D eigenvalue weighted by Gasteiger charge is 2.58. The van der Waals surface area contributed by atoms with Gasteiger partial charge in [0.25, 0.3) is 3.79 Å². The van der Waals surface area contributed by atoms with E-state index >= 15 is 0 Å². The van der Waals surface area contributed by atoms with E-state index < -0.39 is 114 Å². The van der Waals surface area contributed by atoms with Crippen molar-refractivity contribution in [2.45, 2.75) is 113 Å². The third-order valence-electron chi connectivity index (χ3n) is 7.32. The Morgan fingerprint density at radius 3 is 1.54 bits per heavy atom. The molecule has 0 amide bonds. The van der Waals surface area contributed by atoms with Gasteiger partial charge in [-0.05, 0) is 5.56 Å². The molecule has 0 spiro atoms. The molecule has 10 atom stereocenters. The lowest BCUT2D eigenvalue weighted by Crippen LogP contribution is -2.67. The van der Waals surface area contributed by atoms with Crippen molar-refractivity contribution in [3.63, 3.8) is 0 Å². The summed E-state index contributed by atoms with van der Waals surface area (Å²) in [6.45, 7) is 5.33. The van der Waals surface area contributed by atoms with Gasteiger partial charge in [0.2, 0.25) is 18.3 Å². The summed E-state index contributed by atoms with van der Waals surface area (Å²) in [4.78, 5) is 73.9. The van der Waals surface area contributed by atoms with Crippen molar-refractivity contribution >= 4 is 76.5 Å². The number of halogens is 3. The zero-order chi connectivity index (χ0) is 40.3. The minimum Gasteiger partial charge on any atom is -0.463 e. The van der Waals surface area contributed by atoms with Gasteiger partial charge in [0.05, 0.1) is 13.2 Å². The van der Waals surface area contributed by atoms with Crippen LogP contribution in [0.15, 0.2) is 30.3 Å². The van der Waals surface area contributed by atoms with Gasteiger partial charge in [0.1, 0.15) is 24.9 Å². The molecule has 2 fully saturated rings. The summed E-state index contributed by atoms with van der Waals surface area (Å²) in [5.74, 6) is -6.27. The van der Waals surface area contributed by atoms with E-state index in [1.165, 1.54) is 0 Å². The Balaban J connectivity index is 2.17. The van der Waals surface area contributed by atoms with Gasteiger partial charge in [-0.1, -0.05) is 65.1 Å². The molecule has 0 aliphatic carbocycles. The summed E-state index contributed by atoms with van der Waals surface area (Å²) in [5, 5.41) is 8.17. The molecule has 2 aliphatic heterocycles. The maximum absolute atomic E-state index is 12.6. The van der Waals surface area contributed by atoms with E-state index in [-0.39, 0.29) is 13.2 Å². The predicted octanol–water partition coefficient (Wildman–Crippen LogP) is 2.62. The van der Waals surface area contributed by atoms with E-state index in [9.17, 15) is 28.8 Å². The molecule has 1 N–H and O–H groups in total. The highest BCUT2D eigenvalue weighted by atomic mass is 35.6. The van der Waals surface area contributed by atoms with Crippen molar-refractivity contribution in [3.8, 4) is 0 Å². The van der Waals surface area contributed by atoms with Crippen LogP contribution in [0.5, 0.6) is 0 Å². The van der Waals surface area contributed by atoms with Gasteiger partial charge in [-0.2, -0.15) is 0 Å².